The SMILES string of the molecule is NC1(c2ccc3c(c2)OCCO3)CC(O)C1. The minimum atomic E-state index is -0.394. The van der Waals surface area contributed by atoms with Crippen molar-refractivity contribution in [2.45, 2.75) is 24.5 Å². The van der Waals surface area contributed by atoms with Crippen molar-refractivity contribution in [1.82, 2.24) is 0 Å². The van der Waals surface area contributed by atoms with E-state index in [0.29, 0.717) is 26.1 Å². The van der Waals surface area contributed by atoms with Gasteiger partial charge in [0.25, 0.3) is 0 Å². The van der Waals surface area contributed by atoms with Gasteiger partial charge in [-0.3, -0.25) is 0 Å². The molecular weight excluding hydrogens is 206 g/mol. The molecule has 0 atom stereocenters. The Labute approximate surface area is 94.0 Å². The Morgan fingerprint density at radius 1 is 1.19 bits per heavy atom. The third-order valence-electron chi connectivity index (χ3n) is 3.32. The van der Waals surface area contributed by atoms with E-state index in [9.17, 15) is 5.11 Å². The van der Waals surface area contributed by atoms with Crippen LogP contribution in [0.2, 0.25) is 0 Å². The molecule has 1 aliphatic heterocycles. The van der Waals surface area contributed by atoms with Gasteiger partial charge in [0.05, 0.1) is 6.10 Å². The fraction of sp³-hybridized carbons (Fsp3) is 0.500. The highest BCUT2D eigenvalue weighted by molar-refractivity contribution is 5.46. The topological polar surface area (TPSA) is 64.7 Å². The molecule has 1 aromatic rings. The van der Waals surface area contributed by atoms with Crippen LogP contribution in [0.5, 0.6) is 11.5 Å². The third kappa shape index (κ3) is 1.45. The van der Waals surface area contributed by atoms with E-state index in [-0.39, 0.29) is 6.10 Å². The van der Waals surface area contributed by atoms with Crippen LogP contribution >= 0.6 is 0 Å². The number of rotatable bonds is 1. The Morgan fingerprint density at radius 3 is 2.56 bits per heavy atom. The van der Waals surface area contributed by atoms with Crippen molar-refractivity contribution in [2.24, 2.45) is 5.73 Å². The number of aliphatic hydroxyl groups is 1. The third-order valence-corrected chi connectivity index (χ3v) is 3.32. The lowest BCUT2D eigenvalue weighted by Crippen LogP contribution is -2.51. The molecule has 1 heterocycles. The van der Waals surface area contributed by atoms with Gasteiger partial charge >= 0.3 is 0 Å². The van der Waals surface area contributed by atoms with Crippen LogP contribution in [0.15, 0.2) is 18.2 Å². The normalized spacial score (nSPS) is 32.0. The fourth-order valence-corrected chi connectivity index (χ4v) is 2.37. The molecule has 0 radical (unpaired) electrons. The first-order valence-electron chi connectivity index (χ1n) is 5.54. The molecule has 3 rings (SSSR count). The summed E-state index contributed by atoms with van der Waals surface area (Å²) >= 11 is 0. The number of fused-ring (bicyclic) bond motifs is 1. The van der Waals surface area contributed by atoms with Crippen molar-refractivity contribution in [3.63, 3.8) is 0 Å². The molecule has 2 aliphatic rings. The molecule has 1 aliphatic carbocycles. The Hall–Kier alpha value is -1.26. The van der Waals surface area contributed by atoms with Crippen LogP contribution in [0, 0.1) is 0 Å². The van der Waals surface area contributed by atoms with E-state index in [2.05, 4.69) is 0 Å². The second-order valence-corrected chi connectivity index (χ2v) is 4.58. The summed E-state index contributed by atoms with van der Waals surface area (Å²) < 4.78 is 11.0. The molecule has 1 saturated carbocycles. The van der Waals surface area contributed by atoms with Gasteiger partial charge in [-0.25, -0.2) is 0 Å². The monoisotopic (exact) mass is 221 g/mol. The van der Waals surface area contributed by atoms with Crippen molar-refractivity contribution in [3.05, 3.63) is 23.8 Å². The van der Waals surface area contributed by atoms with E-state index in [4.69, 9.17) is 15.2 Å². The molecule has 16 heavy (non-hydrogen) atoms. The predicted octanol–water partition coefficient (Wildman–Crippen LogP) is 0.766. The fourth-order valence-electron chi connectivity index (χ4n) is 2.37. The number of aliphatic hydroxyl groups excluding tert-OH is 1. The Bertz CT molecular complexity index is 413. The van der Waals surface area contributed by atoms with E-state index in [1.807, 2.05) is 18.2 Å². The van der Waals surface area contributed by atoms with Gasteiger partial charge < -0.3 is 20.3 Å². The summed E-state index contributed by atoms with van der Waals surface area (Å²) in [6.45, 7) is 1.18. The van der Waals surface area contributed by atoms with Gasteiger partial charge in [0, 0.05) is 5.54 Å². The lowest BCUT2D eigenvalue weighted by molar-refractivity contribution is 0.0207. The molecule has 1 aromatic carbocycles. The lowest BCUT2D eigenvalue weighted by atomic mass is 9.70. The highest BCUT2D eigenvalue weighted by atomic mass is 16.6. The summed E-state index contributed by atoms with van der Waals surface area (Å²) in [5, 5.41) is 9.35. The van der Waals surface area contributed by atoms with Crippen LogP contribution in [-0.2, 0) is 5.54 Å². The van der Waals surface area contributed by atoms with Gasteiger partial charge in [-0.15, -0.1) is 0 Å². The molecule has 0 unspecified atom stereocenters. The highest BCUT2D eigenvalue weighted by Crippen LogP contribution is 2.42. The largest absolute Gasteiger partial charge is 0.486 e. The van der Waals surface area contributed by atoms with E-state index >= 15 is 0 Å². The van der Waals surface area contributed by atoms with E-state index in [1.165, 1.54) is 0 Å². The molecule has 1 fully saturated rings. The van der Waals surface area contributed by atoms with Gasteiger partial charge in [-0.1, -0.05) is 6.07 Å². The first kappa shape index (κ1) is 9.93. The van der Waals surface area contributed by atoms with Crippen molar-refractivity contribution >= 4 is 0 Å². The average Bonchev–Trinajstić information content (AvgIpc) is 2.26. The van der Waals surface area contributed by atoms with Gasteiger partial charge in [0.2, 0.25) is 0 Å². The summed E-state index contributed by atoms with van der Waals surface area (Å²) in [7, 11) is 0. The van der Waals surface area contributed by atoms with Gasteiger partial charge in [0.1, 0.15) is 13.2 Å². The van der Waals surface area contributed by atoms with E-state index in [0.717, 1.165) is 17.1 Å². The van der Waals surface area contributed by atoms with E-state index in [1.54, 1.807) is 0 Å². The summed E-state index contributed by atoms with van der Waals surface area (Å²) in [4.78, 5) is 0. The van der Waals surface area contributed by atoms with Gasteiger partial charge in [-0.05, 0) is 30.5 Å². The molecule has 4 heteroatoms. The molecule has 0 spiro atoms. The first-order valence-corrected chi connectivity index (χ1v) is 5.54. The van der Waals surface area contributed by atoms with Crippen molar-refractivity contribution in [3.8, 4) is 11.5 Å². The maximum atomic E-state index is 9.35. The van der Waals surface area contributed by atoms with Crippen molar-refractivity contribution in [1.29, 1.82) is 0 Å². The number of hydrogen-bond acceptors (Lipinski definition) is 4. The molecule has 4 nitrogen and oxygen atoms in total. The quantitative estimate of drug-likeness (QED) is 0.735. The smallest absolute Gasteiger partial charge is 0.161 e. The summed E-state index contributed by atoms with van der Waals surface area (Å²) in [5.74, 6) is 1.54. The van der Waals surface area contributed by atoms with Crippen molar-refractivity contribution in [2.75, 3.05) is 13.2 Å². The Kier molecular flexibility index (Phi) is 2.09. The van der Waals surface area contributed by atoms with Crippen molar-refractivity contribution < 1.29 is 14.6 Å². The molecule has 0 bridgehead atoms. The van der Waals surface area contributed by atoms with Gasteiger partial charge in [0.15, 0.2) is 11.5 Å². The van der Waals surface area contributed by atoms with Crippen LogP contribution in [0.1, 0.15) is 18.4 Å². The van der Waals surface area contributed by atoms with Crippen LogP contribution < -0.4 is 15.2 Å². The Balaban J connectivity index is 1.91. The zero-order chi connectivity index (χ0) is 11.2. The average molecular weight is 221 g/mol. The minimum Gasteiger partial charge on any atom is -0.486 e. The summed E-state index contributed by atoms with van der Waals surface area (Å²) in [6.07, 6.45) is 0.970. The van der Waals surface area contributed by atoms with Crippen LogP contribution in [-0.4, -0.2) is 24.4 Å². The second-order valence-electron chi connectivity index (χ2n) is 4.58. The number of hydrogen-bond donors (Lipinski definition) is 2. The zero-order valence-corrected chi connectivity index (χ0v) is 8.98. The van der Waals surface area contributed by atoms with Crippen LogP contribution in [0.25, 0.3) is 0 Å². The molecule has 3 N–H and O–H groups in total. The van der Waals surface area contributed by atoms with E-state index < -0.39 is 5.54 Å². The maximum Gasteiger partial charge on any atom is 0.161 e. The molecule has 0 aromatic heterocycles. The minimum absolute atomic E-state index is 0.266. The molecule has 86 valence electrons. The molecular formula is C12H15NO3. The molecule has 0 amide bonds. The lowest BCUT2D eigenvalue weighted by Gasteiger charge is -2.43. The summed E-state index contributed by atoms with van der Waals surface area (Å²) in [5.41, 5.74) is 6.81. The Morgan fingerprint density at radius 2 is 1.88 bits per heavy atom. The van der Waals surface area contributed by atoms with Crippen LogP contribution in [0.4, 0.5) is 0 Å². The molecule has 0 saturated heterocycles. The second kappa shape index (κ2) is 3.37. The van der Waals surface area contributed by atoms with Crippen LogP contribution in [0.3, 0.4) is 0 Å². The number of nitrogens with two attached hydrogens (primary N) is 1. The first-order chi connectivity index (χ1) is 7.67. The zero-order valence-electron chi connectivity index (χ0n) is 8.98. The highest BCUT2D eigenvalue weighted by Gasteiger charge is 2.41. The standard InChI is InChI=1S/C12H15NO3/c13-12(6-9(14)7-12)8-1-2-10-11(5-8)16-4-3-15-10/h1-2,5,9,14H,3-4,6-7,13H2. The summed E-state index contributed by atoms with van der Waals surface area (Å²) in [6, 6.07) is 5.78. The number of benzene rings is 1. The van der Waals surface area contributed by atoms with Gasteiger partial charge in [-0.2, -0.15) is 0 Å². The predicted molar refractivity (Wildman–Crippen MR) is 58.5 cm³/mol. The number of ether oxygens (including phenoxy) is 2. The maximum absolute atomic E-state index is 9.35.